The van der Waals surface area contributed by atoms with E-state index in [-0.39, 0.29) is 4.90 Å². The maximum absolute atomic E-state index is 12.8. The summed E-state index contributed by atoms with van der Waals surface area (Å²) in [6.45, 7) is 6.04. The van der Waals surface area contributed by atoms with Crippen LogP contribution in [-0.4, -0.2) is 28.2 Å². The van der Waals surface area contributed by atoms with Crippen LogP contribution in [0.2, 0.25) is 0 Å². The largest absolute Gasteiger partial charge is 0.424 e. The molecule has 0 saturated carbocycles. The number of aromatic nitrogens is 4. The number of aryl methyl sites for hydroxylation is 1. The molecule has 0 bridgehead atoms. The van der Waals surface area contributed by atoms with Gasteiger partial charge in [-0.3, -0.25) is 4.57 Å². The Bertz CT molecular complexity index is 1290. The normalized spacial score (nSPS) is 12.9. The summed E-state index contributed by atoms with van der Waals surface area (Å²) in [5.41, 5.74) is 1.83. The summed E-state index contributed by atoms with van der Waals surface area (Å²) in [7, 11) is -3.70. The summed E-state index contributed by atoms with van der Waals surface area (Å²) in [5.74, 6) is 1.09. The van der Waals surface area contributed by atoms with Crippen molar-refractivity contribution < 1.29 is 13.2 Å². The average Bonchev–Trinajstić information content (AvgIpc) is 3.34. The van der Waals surface area contributed by atoms with Crippen LogP contribution in [0.1, 0.15) is 31.3 Å². The smallest absolute Gasteiger partial charge is 0.322 e. The molecule has 156 valence electrons. The molecular formula is C21H23N5O3S. The van der Waals surface area contributed by atoms with Gasteiger partial charge in [0, 0.05) is 24.3 Å². The minimum Gasteiger partial charge on any atom is -0.424 e. The van der Waals surface area contributed by atoms with E-state index in [4.69, 9.17) is 4.74 Å². The van der Waals surface area contributed by atoms with Gasteiger partial charge in [0.2, 0.25) is 10.0 Å². The van der Waals surface area contributed by atoms with E-state index in [1.807, 2.05) is 50.4 Å². The van der Waals surface area contributed by atoms with Crippen LogP contribution in [-0.2, 0) is 16.6 Å². The standard InChI is InChI=1S/C21H23N5O3S/c1-4-26-20(15(3)25-30(27,28)18-7-5-6-14(2)12-18)23-24-21(26)29-17-9-8-16-10-11-22-19(16)13-17/h5-13,15,22,25H,4H2,1-3H3/t15-/m1/s1. The molecule has 30 heavy (non-hydrogen) atoms. The summed E-state index contributed by atoms with van der Waals surface area (Å²) < 4.78 is 35.9. The number of H-pyrrole nitrogens is 1. The van der Waals surface area contributed by atoms with Crippen LogP contribution in [0.15, 0.2) is 59.6 Å². The molecular weight excluding hydrogens is 402 g/mol. The van der Waals surface area contributed by atoms with Crippen molar-refractivity contribution in [3.05, 3.63) is 66.1 Å². The van der Waals surface area contributed by atoms with Gasteiger partial charge < -0.3 is 9.72 Å². The number of hydrogen-bond donors (Lipinski definition) is 2. The van der Waals surface area contributed by atoms with E-state index in [0.29, 0.717) is 24.1 Å². The summed E-state index contributed by atoms with van der Waals surface area (Å²) in [6, 6.07) is 14.2. The zero-order chi connectivity index (χ0) is 21.3. The molecule has 0 aliphatic carbocycles. The van der Waals surface area contributed by atoms with Gasteiger partial charge in [0.05, 0.1) is 10.9 Å². The van der Waals surface area contributed by atoms with Gasteiger partial charge in [-0.1, -0.05) is 17.2 Å². The van der Waals surface area contributed by atoms with Crippen molar-refractivity contribution in [1.29, 1.82) is 0 Å². The van der Waals surface area contributed by atoms with E-state index >= 15 is 0 Å². The van der Waals surface area contributed by atoms with Crippen molar-refractivity contribution in [1.82, 2.24) is 24.5 Å². The number of sulfonamides is 1. The number of rotatable bonds is 7. The third-order valence-corrected chi connectivity index (χ3v) is 6.35. The van der Waals surface area contributed by atoms with Gasteiger partial charge in [-0.15, -0.1) is 5.10 Å². The third-order valence-electron chi connectivity index (χ3n) is 4.82. The second-order valence-electron chi connectivity index (χ2n) is 7.07. The summed E-state index contributed by atoms with van der Waals surface area (Å²) in [4.78, 5) is 3.36. The quantitative estimate of drug-likeness (QED) is 0.467. The summed E-state index contributed by atoms with van der Waals surface area (Å²) in [6.07, 6.45) is 1.86. The number of nitrogens with zero attached hydrogens (tertiary/aromatic N) is 3. The van der Waals surface area contributed by atoms with Gasteiger partial charge in [-0.25, -0.2) is 13.1 Å². The van der Waals surface area contributed by atoms with Crippen molar-refractivity contribution in [3.8, 4) is 11.8 Å². The number of aromatic amines is 1. The molecule has 2 N–H and O–H groups in total. The fourth-order valence-electron chi connectivity index (χ4n) is 3.32. The molecule has 8 nitrogen and oxygen atoms in total. The van der Waals surface area contributed by atoms with Crippen LogP contribution >= 0.6 is 0 Å². The Morgan fingerprint density at radius 3 is 2.77 bits per heavy atom. The Morgan fingerprint density at radius 1 is 1.17 bits per heavy atom. The van der Waals surface area contributed by atoms with Crippen LogP contribution in [0.5, 0.6) is 11.8 Å². The molecule has 2 aromatic heterocycles. The molecule has 2 heterocycles. The monoisotopic (exact) mass is 425 g/mol. The van der Waals surface area contributed by atoms with E-state index in [9.17, 15) is 8.42 Å². The van der Waals surface area contributed by atoms with Crippen LogP contribution in [0.25, 0.3) is 10.9 Å². The third kappa shape index (κ3) is 3.94. The van der Waals surface area contributed by atoms with Crippen molar-refractivity contribution >= 4 is 20.9 Å². The molecule has 4 aromatic rings. The van der Waals surface area contributed by atoms with E-state index in [1.54, 1.807) is 29.7 Å². The van der Waals surface area contributed by atoms with Crippen LogP contribution < -0.4 is 9.46 Å². The van der Waals surface area contributed by atoms with Crippen molar-refractivity contribution in [3.63, 3.8) is 0 Å². The number of hydrogen-bond acceptors (Lipinski definition) is 5. The van der Waals surface area contributed by atoms with Gasteiger partial charge in [0.25, 0.3) is 0 Å². The topological polar surface area (TPSA) is 102 Å². The van der Waals surface area contributed by atoms with E-state index in [1.165, 1.54) is 0 Å². The van der Waals surface area contributed by atoms with Gasteiger partial charge in [0.1, 0.15) is 5.75 Å². The zero-order valence-corrected chi connectivity index (χ0v) is 17.8. The first-order valence-electron chi connectivity index (χ1n) is 9.64. The first kappa shape index (κ1) is 20.1. The first-order valence-corrected chi connectivity index (χ1v) is 11.1. The average molecular weight is 426 g/mol. The Balaban J connectivity index is 1.58. The zero-order valence-electron chi connectivity index (χ0n) is 17.0. The summed E-state index contributed by atoms with van der Waals surface area (Å²) in [5, 5.41) is 9.40. The van der Waals surface area contributed by atoms with Gasteiger partial charge in [-0.05, 0) is 62.1 Å². The fraction of sp³-hybridized carbons (Fsp3) is 0.238. The van der Waals surface area contributed by atoms with Gasteiger partial charge in [-0.2, -0.15) is 0 Å². The number of nitrogens with one attached hydrogen (secondary N) is 2. The number of ether oxygens (including phenoxy) is 1. The van der Waals surface area contributed by atoms with Crippen molar-refractivity contribution in [2.75, 3.05) is 0 Å². The highest BCUT2D eigenvalue weighted by Crippen LogP contribution is 2.26. The minimum atomic E-state index is -3.70. The van der Waals surface area contributed by atoms with E-state index < -0.39 is 16.1 Å². The molecule has 0 saturated heterocycles. The maximum atomic E-state index is 12.8. The van der Waals surface area contributed by atoms with Crippen molar-refractivity contribution in [2.45, 2.75) is 38.3 Å². The molecule has 0 spiro atoms. The number of benzene rings is 2. The molecule has 0 fully saturated rings. The predicted molar refractivity (Wildman–Crippen MR) is 114 cm³/mol. The molecule has 2 aromatic carbocycles. The molecule has 4 rings (SSSR count). The lowest BCUT2D eigenvalue weighted by atomic mass is 10.2. The molecule has 1 atom stereocenters. The molecule has 9 heteroatoms. The second-order valence-corrected chi connectivity index (χ2v) is 8.79. The summed E-state index contributed by atoms with van der Waals surface area (Å²) >= 11 is 0. The molecule has 0 aliphatic rings. The highest BCUT2D eigenvalue weighted by atomic mass is 32.2. The lowest BCUT2D eigenvalue weighted by Gasteiger charge is -2.15. The van der Waals surface area contributed by atoms with Crippen molar-refractivity contribution in [2.24, 2.45) is 0 Å². The first-order chi connectivity index (χ1) is 14.4. The highest BCUT2D eigenvalue weighted by Gasteiger charge is 2.24. The number of fused-ring (bicyclic) bond motifs is 1. The van der Waals surface area contributed by atoms with Crippen LogP contribution in [0.4, 0.5) is 0 Å². The van der Waals surface area contributed by atoms with E-state index in [0.717, 1.165) is 16.5 Å². The van der Waals surface area contributed by atoms with Crippen LogP contribution in [0, 0.1) is 6.92 Å². The lowest BCUT2D eigenvalue weighted by Crippen LogP contribution is -2.29. The Labute approximate surface area is 175 Å². The Morgan fingerprint density at radius 2 is 2.00 bits per heavy atom. The molecule has 0 radical (unpaired) electrons. The van der Waals surface area contributed by atoms with Gasteiger partial charge >= 0.3 is 6.01 Å². The van der Waals surface area contributed by atoms with Gasteiger partial charge in [0.15, 0.2) is 5.82 Å². The highest BCUT2D eigenvalue weighted by molar-refractivity contribution is 7.89. The fourth-order valence-corrected chi connectivity index (χ4v) is 4.63. The van der Waals surface area contributed by atoms with E-state index in [2.05, 4.69) is 19.9 Å². The molecule has 0 amide bonds. The molecule has 0 unspecified atom stereocenters. The predicted octanol–water partition coefficient (Wildman–Crippen LogP) is 3.92. The minimum absolute atomic E-state index is 0.215. The van der Waals surface area contributed by atoms with Crippen LogP contribution in [0.3, 0.4) is 0 Å². The SMILES string of the molecule is CCn1c(Oc2ccc3cc[nH]c3c2)nnc1[C@@H](C)NS(=O)(=O)c1cccc(C)c1. The maximum Gasteiger partial charge on any atom is 0.322 e. The Kier molecular flexibility index (Phi) is 5.31. The lowest BCUT2D eigenvalue weighted by molar-refractivity contribution is 0.408. The second kappa shape index (κ2) is 7.92. The molecule has 0 aliphatic heterocycles. The Hall–Kier alpha value is -3.17.